The number of amides is 2. The van der Waals surface area contributed by atoms with E-state index in [-0.39, 0.29) is 17.7 Å². The summed E-state index contributed by atoms with van der Waals surface area (Å²) in [5.41, 5.74) is 2.30. The van der Waals surface area contributed by atoms with Crippen LogP contribution in [0.15, 0.2) is 59.0 Å². The molecular formula is C22H23N3O3. The van der Waals surface area contributed by atoms with Crippen molar-refractivity contribution in [1.29, 1.82) is 0 Å². The number of rotatable bonds is 5. The largest absolute Gasteiger partial charge is 0.440 e. The first-order valence-electron chi connectivity index (χ1n) is 9.67. The number of fused-ring (bicyclic) bond motifs is 1. The molecule has 2 heterocycles. The van der Waals surface area contributed by atoms with Crippen molar-refractivity contribution < 1.29 is 14.0 Å². The van der Waals surface area contributed by atoms with Crippen LogP contribution in [-0.4, -0.2) is 41.3 Å². The van der Waals surface area contributed by atoms with E-state index in [1.165, 1.54) is 0 Å². The Bertz CT molecular complexity index is 926. The summed E-state index contributed by atoms with van der Waals surface area (Å²) in [7, 11) is 0. The molecule has 6 nitrogen and oxygen atoms in total. The minimum atomic E-state index is -0.150. The van der Waals surface area contributed by atoms with Gasteiger partial charge < -0.3 is 14.6 Å². The highest BCUT2D eigenvalue weighted by Crippen LogP contribution is 2.30. The predicted molar refractivity (Wildman–Crippen MR) is 106 cm³/mol. The fourth-order valence-electron chi connectivity index (χ4n) is 3.57. The van der Waals surface area contributed by atoms with Crippen LogP contribution in [0.1, 0.15) is 41.4 Å². The van der Waals surface area contributed by atoms with Crippen LogP contribution >= 0.6 is 0 Å². The van der Waals surface area contributed by atoms with E-state index >= 15 is 0 Å². The van der Waals surface area contributed by atoms with Gasteiger partial charge in [-0.05, 0) is 37.1 Å². The third-order valence-corrected chi connectivity index (χ3v) is 5.17. The van der Waals surface area contributed by atoms with E-state index in [2.05, 4.69) is 10.3 Å². The van der Waals surface area contributed by atoms with Crippen molar-refractivity contribution in [3.8, 4) is 0 Å². The van der Waals surface area contributed by atoms with Crippen LogP contribution < -0.4 is 5.32 Å². The minimum absolute atomic E-state index is 0.0735. The molecule has 1 saturated heterocycles. The van der Waals surface area contributed by atoms with Crippen molar-refractivity contribution >= 4 is 22.9 Å². The van der Waals surface area contributed by atoms with Crippen molar-refractivity contribution in [3.63, 3.8) is 0 Å². The lowest BCUT2D eigenvalue weighted by molar-refractivity contribution is -0.132. The quantitative estimate of drug-likeness (QED) is 0.740. The van der Waals surface area contributed by atoms with Gasteiger partial charge in [0.25, 0.3) is 5.91 Å². The normalized spacial score (nSPS) is 14.9. The van der Waals surface area contributed by atoms with Gasteiger partial charge in [0, 0.05) is 37.5 Å². The molecule has 0 atom stereocenters. The third-order valence-electron chi connectivity index (χ3n) is 5.17. The van der Waals surface area contributed by atoms with Gasteiger partial charge in [0.1, 0.15) is 5.52 Å². The maximum atomic E-state index is 12.4. The Balaban J connectivity index is 1.24. The Morgan fingerprint density at radius 2 is 1.75 bits per heavy atom. The van der Waals surface area contributed by atoms with Gasteiger partial charge in [0.15, 0.2) is 11.5 Å². The fraction of sp³-hybridized carbons (Fsp3) is 0.318. The molecule has 0 saturated carbocycles. The van der Waals surface area contributed by atoms with Crippen LogP contribution in [0, 0.1) is 0 Å². The molecule has 2 amide bonds. The maximum Gasteiger partial charge on any atom is 0.251 e. The summed E-state index contributed by atoms with van der Waals surface area (Å²) in [6.45, 7) is 1.72. The van der Waals surface area contributed by atoms with Crippen molar-refractivity contribution in [2.24, 2.45) is 0 Å². The van der Waals surface area contributed by atoms with Gasteiger partial charge in [-0.15, -0.1) is 0 Å². The number of benzene rings is 2. The van der Waals surface area contributed by atoms with Gasteiger partial charge in [-0.2, -0.15) is 0 Å². The van der Waals surface area contributed by atoms with Gasteiger partial charge in [-0.3, -0.25) is 9.59 Å². The zero-order valence-corrected chi connectivity index (χ0v) is 15.6. The summed E-state index contributed by atoms with van der Waals surface area (Å²) >= 11 is 0. The number of likely N-dealkylation sites (tertiary alicyclic amines) is 1. The summed E-state index contributed by atoms with van der Waals surface area (Å²) in [4.78, 5) is 30.9. The van der Waals surface area contributed by atoms with Gasteiger partial charge >= 0.3 is 0 Å². The average molecular weight is 377 g/mol. The number of carbonyl (C=O) groups excluding carboxylic acids is 2. The molecule has 6 heteroatoms. The lowest BCUT2D eigenvalue weighted by Crippen LogP contribution is -2.39. The average Bonchev–Trinajstić information content (AvgIpc) is 3.18. The third kappa shape index (κ3) is 4.06. The van der Waals surface area contributed by atoms with E-state index in [0.29, 0.717) is 31.6 Å². The zero-order valence-electron chi connectivity index (χ0n) is 15.6. The summed E-state index contributed by atoms with van der Waals surface area (Å²) < 4.78 is 5.87. The highest BCUT2D eigenvalue weighted by Gasteiger charge is 2.26. The number of para-hydroxylation sites is 2. The number of piperidine rings is 1. The van der Waals surface area contributed by atoms with E-state index in [4.69, 9.17) is 4.42 Å². The lowest BCUT2D eigenvalue weighted by atomic mass is 9.96. The van der Waals surface area contributed by atoms with E-state index < -0.39 is 0 Å². The summed E-state index contributed by atoms with van der Waals surface area (Å²) in [6, 6.07) is 16.8. The number of hydrogen-bond donors (Lipinski definition) is 1. The molecule has 1 aromatic heterocycles. The number of nitrogens with one attached hydrogen (secondary N) is 1. The van der Waals surface area contributed by atoms with Crippen molar-refractivity contribution in [3.05, 3.63) is 66.1 Å². The fourth-order valence-corrected chi connectivity index (χ4v) is 3.57. The highest BCUT2D eigenvalue weighted by atomic mass is 16.3. The van der Waals surface area contributed by atoms with E-state index in [1.807, 2.05) is 47.4 Å². The second kappa shape index (κ2) is 8.25. The van der Waals surface area contributed by atoms with Crippen molar-refractivity contribution in [2.45, 2.75) is 25.2 Å². The molecule has 0 aliphatic carbocycles. The highest BCUT2D eigenvalue weighted by molar-refractivity contribution is 5.94. The molecule has 0 bridgehead atoms. The number of hydrogen-bond acceptors (Lipinski definition) is 4. The van der Waals surface area contributed by atoms with Gasteiger partial charge in [-0.1, -0.05) is 30.3 Å². The monoisotopic (exact) mass is 377 g/mol. The topological polar surface area (TPSA) is 75.4 Å². The van der Waals surface area contributed by atoms with Crippen molar-refractivity contribution in [2.75, 3.05) is 19.6 Å². The Morgan fingerprint density at radius 1 is 1.04 bits per heavy atom. The van der Waals surface area contributed by atoms with Crippen molar-refractivity contribution in [1.82, 2.24) is 15.2 Å². The molecule has 0 unspecified atom stereocenters. The molecular weight excluding hydrogens is 354 g/mol. The summed E-state index contributed by atoms with van der Waals surface area (Å²) in [5.74, 6) is 0.935. The first kappa shape index (κ1) is 18.2. The molecule has 1 aliphatic rings. The second-order valence-corrected chi connectivity index (χ2v) is 7.05. The Kier molecular flexibility index (Phi) is 5.37. The Labute approximate surface area is 163 Å². The molecule has 1 aliphatic heterocycles. The minimum Gasteiger partial charge on any atom is -0.440 e. The standard InChI is InChI=1S/C22H23N3O3/c26-20(10-13-23-21(27)16-6-2-1-3-7-16)25-14-11-17(12-15-25)22-24-18-8-4-5-9-19(18)28-22/h1-9,17H,10-15H2,(H,23,27). The van der Waals surface area contributed by atoms with Gasteiger partial charge in [0.2, 0.25) is 5.91 Å². The van der Waals surface area contributed by atoms with Crippen LogP contribution in [0.4, 0.5) is 0 Å². The molecule has 28 heavy (non-hydrogen) atoms. The zero-order chi connectivity index (χ0) is 19.3. The predicted octanol–water partition coefficient (Wildman–Crippen LogP) is 3.35. The maximum absolute atomic E-state index is 12.4. The molecule has 3 aromatic rings. The Morgan fingerprint density at radius 3 is 2.50 bits per heavy atom. The molecule has 4 rings (SSSR count). The lowest BCUT2D eigenvalue weighted by Gasteiger charge is -2.30. The molecule has 0 spiro atoms. The van der Waals surface area contributed by atoms with E-state index in [0.717, 1.165) is 29.8 Å². The van der Waals surface area contributed by atoms with E-state index in [9.17, 15) is 9.59 Å². The van der Waals surface area contributed by atoms with Crippen LogP contribution in [-0.2, 0) is 4.79 Å². The van der Waals surface area contributed by atoms with Gasteiger partial charge in [-0.25, -0.2) is 4.98 Å². The number of aromatic nitrogens is 1. The van der Waals surface area contributed by atoms with E-state index in [1.54, 1.807) is 12.1 Å². The molecule has 2 aromatic carbocycles. The molecule has 0 radical (unpaired) electrons. The van der Waals surface area contributed by atoms with Crippen LogP contribution in [0.25, 0.3) is 11.1 Å². The van der Waals surface area contributed by atoms with Crippen LogP contribution in [0.5, 0.6) is 0 Å². The number of oxazole rings is 1. The Hall–Kier alpha value is -3.15. The first-order valence-corrected chi connectivity index (χ1v) is 9.67. The summed E-state index contributed by atoms with van der Waals surface area (Å²) in [6.07, 6.45) is 2.00. The smallest absolute Gasteiger partial charge is 0.251 e. The van der Waals surface area contributed by atoms with Gasteiger partial charge in [0.05, 0.1) is 0 Å². The first-order chi connectivity index (χ1) is 13.7. The number of nitrogens with zero attached hydrogens (tertiary/aromatic N) is 2. The number of carbonyl (C=O) groups is 2. The SMILES string of the molecule is O=C(NCCC(=O)N1CCC(c2nc3ccccc3o2)CC1)c1ccccc1. The molecule has 144 valence electrons. The second-order valence-electron chi connectivity index (χ2n) is 7.05. The molecule has 1 fully saturated rings. The molecule has 1 N–H and O–H groups in total. The van der Waals surface area contributed by atoms with Crippen LogP contribution in [0.2, 0.25) is 0 Å². The summed E-state index contributed by atoms with van der Waals surface area (Å²) in [5, 5.41) is 2.81. The van der Waals surface area contributed by atoms with Crippen LogP contribution in [0.3, 0.4) is 0 Å².